The number of alkyl halides is 1. The Hall–Kier alpha value is 0.250. The number of hydrogen-bond acceptors (Lipinski definition) is 1. The van der Waals surface area contributed by atoms with Gasteiger partial charge in [0.25, 0.3) is 0 Å². The maximum Gasteiger partial charge on any atom is 0.0706 e. The lowest BCUT2D eigenvalue weighted by atomic mass is 9.44. The van der Waals surface area contributed by atoms with Crippen LogP contribution in [0.15, 0.2) is 0 Å². The average molecular weight is 423 g/mol. The second-order valence-corrected chi connectivity index (χ2v) is 13.3. The van der Waals surface area contributed by atoms with E-state index in [0.717, 1.165) is 48.3 Å². The molecule has 4 aliphatic carbocycles. The molecule has 0 aromatic carbocycles. The van der Waals surface area contributed by atoms with Crippen LogP contribution in [0.3, 0.4) is 0 Å². The first kappa shape index (κ1) is 22.4. The molecule has 168 valence electrons. The molecule has 1 unspecified atom stereocenters. The van der Waals surface area contributed by atoms with Gasteiger partial charge < -0.3 is 5.11 Å². The number of aliphatic hydroxyl groups excluding tert-OH is 1. The Morgan fingerprint density at radius 1 is 0.931 bits per heavy atom. The van der Waals surface area contributed by atoms with Gasteiger partial charge in [-0.25, -0.2) is 0 Å². The Morgan fingerprint density at radius 3 is 2.38 bits per heavy atom. The molecule has 0 bridgehead atoms. The predicted molar refractivity (Wildman–Crippen MR) is 124 cm³/mol. The van der Waals surface area contributed by atoms with Crippen molar-refractivity contribution in [1.29, 1.82) is 0 Å². The lowest BCUT2D eigenvalue weighted by Gasteiger charge is -2.61. The molecule has 0 amide bonds. The van der Waals surface area contributed by atoms with Crippen LogP contribution in [-0.2, 0) is 0 Å². The fourth-order valence-electron chi connectivity index (χ4n) is 9.26. The van der Waals surface area contributed by atoms with Crippen LogP contribution in [0.2, 0.25) is 0 Å². The summed E-state index contributed by atoms with van der Waals surface area (Å²) >= 11 is 6.63. The topological polar surface area (TPSA) is 20.2 Å². The highest BCUT2D eigenvalue weighted by molar-refractivity contribution is 6.21. The van der Waals surface area contributed by atoms with E-state index in [1.807, 2.05) is 0 Å². The van der Waals surface area contributed by atoms with E-state index in [2.05, 4.69) is 34.6 Å². The summed E-state index contributed by atoms with van der Waals surface area (Å²) < 4.78 is 0. The van der Waals surface area contributed by atoms with Crippen LogP contribution in [0.5, 0.6) is 0 Å². The van der Waals surface area contributed by atoms with Gasteiger partial charge in [-0.1, -0.05) is 53.9 Å². The van der Waals surface area contributed by atoms with Gasteiger partial charge >= 0.3 is 0 Å². The molecule has 0 spiro atoms. The molecule has 4 aliphatic rings. The Kier molecular flexibility index (Phi) is 6.43. The van der Waals surface area contributed by atoms with E-state index in [0.29, 0.717) is 16.7 Å². The molecule has 1 N–H and O–H groups in total. The summed E-state index contributed by atoms with van der Waals surface area (Å²) in [5, 5.41) is 10.4. The molecule has 0 saturated heterocycles. The highest BCUT2D eigenvalue weighted by Crippen LogP contribution is 2.68. The Bertz CT molecular complexity index is 575. The molecule has 10 atom stereocenters. The van der Waals surface area contributed by atoms with Crippen molar-refractivity contribution in [1.82, 2.24) is 0 Å². The van der Waals surface area contributed by atoms with Crippen LogP contribution < -0.4 is 0 Å². The molecule has 0 radical (unpaired) electrons. The van der Waals surface area contributed by atoms with Gasteiger partial charge in [-0.05, 0) is 104 Å². The highest BCUT2D eigenvalue weighted by atomic mass is 35.5. The first-order valence-corrected chi connectivity index (χ1v) is 13.4. The molecule has 2 heteroatoms. The van der Waals surface area contributed by atoms with Crippen LogP contribution in [0.4, 0.5) is 0 Å². The zero-order valence-corrected chi connectivity index (χ0v) is 20.6. The van der Waals surface area contributed by atoms with Gasteiger partial charge in [-0.2, -0.15) is 0 Å². The van der Waals surface area contributed by atoms with Gasteiger partial charge in [0.05, 0.1) is 11.5 Å². The first-order valence-electron chi connectivity index (χ1n) is 13.0. The fourth-order valence-corrected chi connectivity index (χ4v) is 9.70. The summed E-state index contributed by atoms with van der Waals surface area (Å²) in [6.45, 7) is 12.5. The smallest absolute Gasteiger partial charge is 0.0706 e. The van der Waals surface area contributed by atoms with E-state index >= 15 is 0 Å². The second-order valence-electron chi connectivity index (χ2n) is 12.7. The Balaban J connectivity index is 1.47. The van der Waals surface area contributed by atoms with Crippen LogP contribution >= 0.6 is 11.6 Å². The fraction of sp³-hybridized carbons (Fsp3) is 1.00. The Morgan fingerprint density at radius 2 is 1.66 bits per heavy atom. The minimum Gasteiger partial charge on any atom is -0.392 e. The largest absolute Gasteiger partial charge is 0.392 e. The average Bonchev–Trinajstić information content (AvgIpc) is 3.00. The third-order valence-corrected chi connectivity index (χ3v) is 11.3. The highest BCUT2D eigenvalue weighted by Gasteiger charge is 2.61. The molecule has 0 aromatic heterocycles. The van der Waals surface area contributed by atoms with E-state index in [1.54, 1.807) is 0 Å². The summed E-state index contributed by atoms with van der Waals surface area (Å²) in [5.74, 6) is 6.09. The number of halogens is 1. The van der Waals surface area contributed by atoms with E-state index in [1.165, 1.54) is 57.8 Å². The quantitative estimate of drug-likeness (QED) is 0.450. The molecular weight excluding hydrogens is 376 g/mol. The van der Waals surface area contributed by atoms with E-state index in [9.17, 15) is 5.11 Å². The van der Waals surface area contributed by atoms with Crippen molar-refractivity contribution in [2.75, 3.05) is 0 Å². The van der Waals surface area contributed by atoms with E-state index in [4.69, 9.17) is 11.6 Å². The second kappa shape index (κ2) is 8.31. The van der Waals surface area contributed by atoms with E-state index < -0.39 is 0 Å². The summed E-state index contributed by atoms with van der Waals surface area (Å²) in [7, 11) is 0. The molecule has 0 aliphatic heterocycles. The van der Waals surface area contributed by atoms with Crippen LogP contribution in [0, 0.1) is 52.3 Å². The molecule has 4 saturated carbocycles. The van der Waals surface area contributed by atoms with Crippen LogP contribution in [0.1, 0.15) is 105 Å². The van der Waals surface area contributed by atoms with Gasteiger partial charge in [0, 0.05) is 0 Å². The summed E-state index contributed by atoms with van der Waals surface area (Å²) in [5.41, 5.74) is 0.951. The van der Waals surface area contributed by atoms with Crippen molar-refractivity contribution in [3.63, 3.8) is 0 Å². The molecule has 1 nitrogen and oxygen atoms in total. The number of fused-ring (bicyclic) bond motifs is 5. The van der Waals surface area contributed by atoms with Crippen molar-refractivity contribution in [2.24, 2.45) is 52.3 Å². The molecule has 0 heterocycles. The van der Waals surface area contributed by atoms with Gasteiger partial charge in [-0.15, -0.1) is 11.6 Å². The normalized spacial score (nSPS) is 50.7. The zero-order chi connectivity index (χ0) is 21.0. The van der Waals surface area contributed by atoms with E-state index in [-0.39, 0.29) is 11.5 Å². The minimum absolute atomic E-state index is 0.0272. The van der Waals surface area contributed by atoms with Crippen molar-refractivity contribution in [3.05, 3.63) is 0 Å². The van der Waals surface area contributed by atoms with Crippen molar-refractivity contribution in [2.45, 2.75) is 117 Å². The summed E-state index contributed by atoms with van der Waals surface area (Å²) in [6, 6.07) is 0. The van der Waals surface area contributed by atoms with Crippen molar-refractivity contribution in [3.8, 4) is 0 Å². The maximum absolute atomic E-state index is 10.4. The predicted octanol–water partition coefficient (Wildman–Crippen LogP) is 7.69. The Labute approximate surface area is 185 Å². The van der Waals surface area contributed by atoms with Gasteiger partial charge in [-0.3, -0.25) is 0 Å². The molecular formula is C27H47ClO. The van der Waals surface area contributed by atoms with Crippen LogP contribution in [0.25, 0.3) is 0 Å². The third-order valence-electron chi connectivity index (χ3n) is 10.8. The monoisotopic (exact) mass is 422 g/mol. The standard InChI is InChI=1S/C27H47ClO/c1-17(2)7-6-8-18(3)21-11-12-22-20-10-9-19-15-25(29)24(28)16-27(19,5)23(20)13-14-26(21,22)4/h17-25,29H,6-16H2,1-5H3/t18-,19?,20+,21-,22+,23+,24+,25+,26-,27+/m1/s1. The zero-order valence-electron chi connectivity index (χ0n) is 19.8. The number of rotatable bonds is 5. The third kappa shape index (κ3) is 3.83. The molecule has 0 aromatic rings. The maximum atomic E-state index is 10.4. The number of aliphatic hydroxyl groups is 1. The number of hydrogen-bond donors (Lipinski definition) is 1. The van der Waals surface area contributed by atoms with Gasteiger partial charge in [0.1, 0.15) is 0 Å². The lowest BCUT2D eigenvalue weighted by molar-refractivity contribution is -0.128. The SMILES string of the molecule is CC(C)CCC[C@@H](C)[C@H]1CC[C@H]2[C@@H]3CCC4C[C@H](O)[C@@H](Cl)C[C@]4(C)[C@H]3CC[C@]12C. The molecule has 4 rings (SSSR count). The summed E-state index contributed by atoms with van der Waals surface area (Å²) in [4.78, 5) is 0. The molecule has 29 heavy (non-hydrogen) atoms. The van der Waals surface area contributed by atoms with Crippen molar-refractivity contribution >= 4 is 11.6 Å². The van der Waals surface area contributed by atoms with Crippen molar-refractivity contribution < 1.29 is 5.11 Å². The lowest BCUT2D eigenvalue weighted by Crippen LogP contribution is -2.56. The first-order chi connectivity index (χ1) is 13.7. The van der Waals surface area contributed by atoms with Gasteiger partial charge in [0.15, 0.2) is 0 Å². The van der Waals surface area contributed by atoms with Gasteiger partial charge in [0.2, 0.25) is 0 Å². The minimum atomic E-state index is -0.275. The molecule has 4 fully saturated rings. The van der Waals surface area contributed by atoms with Crippen LogP contribution in [-0.4, -0.2) is 16.6 Å². The summed E-state index contributed by atoms with van der Waals surface area (Å²) in [6.07, 6.45) is 14.5.